The number of nitrogens with one attached hydrogen (secondary N) is 2. The van der Waals surface area contributed by atoms with Crippen LogP contribution in [0, 0.1) is 24.5 Å². The zero-order valence-corrected chi connectivity index (χ0v) is 13.0. The lowest BCUT2D eigenvalue weighted by Gasteiger charge is -2.11. The average Bonchev–Trinajstić information content (AvgIpc) is 2.41. The highest BCUT2D eigenvalue weighted by Crippen LogP contribution is 2.20. The van der Waals surface area contributed by atoms with Crippen molar-refractivity contribution in [1.82, 2.24) is 9.97 Å². The summed E-state index contributed by atoms with van der Waals surface area (Å²) in [4.78, 5) is 8.59. The molecule has 4 nitrogen and oxygen atoms in total. The number of hydrogen-bond acceptors (Lipinski definition) is 4. The second kappa shape index (κ2) is 7.15. The maximum Gasteiger partial charge on any atom is 0.224 e. The Morgan fingerprint density at radius 2 is 1.91 bits per heavy atom. The van der Waals surface area contributed by atoms with Crippen molar-refractivity contribution in [2.45, 2.75) is 27.2 Å². The van der Waals surface area contributed by atoms with Crippen molar-refractivity contribution in [3.63, 3.8) is 0 Å². The summed E-state index contributed by atoms with van der Waals surface area (Å²) in [5.41, 5.74) is 0.930. The number of benzene rings is 1. The fourth-order valence-corrected chi connectivity index (χ4v) is 1.91. The first kappa shape index (κ1) is 16.1. The standard InChI is InChI=1S/C16H20F2N4/c1-10(2)6-7-19-16-20-11(3)8-15(22-16)21-14-5-4-12(17)9-13(14)18/h4-5,8-10H,6-7H2,1-3H3,(H2,19,20,21,22). The van der Waals surface area contributed by atoms with Crippen LogP contribution in [0.15, 0.2) is 24.3 Å². The number of anilines is 3. The van der Waals surface area contributed by atoms with E-state index in [1.165, 1.54) is 12.1 Å². The van der Waals surface area contributed by atoms with E-state index in [-0.39, 0.29) is 5.69 Å². The molecule has 0 fully saturated rings. The molecule has 0 aliphatic rings. The lowest BCUT2D eigenvalue weighted by molar-refractivity contribution is 0.586. The Morgan fingerprint density at radius 1 is 1.14 bits per heavy atom. The van der Waals surface area contributed by atoms with Crippen LogP contribution >= 0.6 is 0 Å². The van der Waals surface area contributed by atoms with E-state index in [9.17, 15) is 8.78 Å². The second-order valence-corrected chi connectivity index (χ2v) is 5.58. The summed E-state index contributed by atoms with van der Waals surface area (Å²) in [7, 11) is 0. The van der Waals surface area contributed by atoms with E-state index in [2.05, 4.69) is 34.4 Å². The van der Waals surface area contributed by atoms with Crippen LogP contribution in [0.1, 0.15) is 26.0 Å². The largest absolute Gasteiger partial charge is 0.354 e. The van der Waals surface area contributed by atoms with Gasteiger partial charge in [-0.1, -0.05) is 13.8 Å². The van der Waals surface area contributed by atoms with Crippen LogP contribution in [0.3, 0.4) is 0 Å². The Balaban J connectivity index is 2.12. The molecule has 0 amide bonds. The molecule has 0 radical (unpaired) electrons. The van der Waals surface area contributed by atoms with Gasteiger partial charge in [-0.25, -0.2) is 13.8 Å². The topological polar surface area (TPSA) is 49.8 Å². The summed E-state index contributed by atoms with van der Waals surface area (Å²) in [5.74, 6) is 0.266. The predicted molar refractivity (Wildman–Crippen MR) is 84.4 cm³/mol. The summed E-state index contributed by atoms with van der Waals surface area (Å²) in [6.07, 6.45) is 1.01. The third-order valence-corrected chi connectivity index (χ3v) is 3.05. The Bertz CT molecular complexity index is 644. The zero-order chi connectivity index (χ0) is 16.1. The lowest BCUT2D eigenvalue weighted by atomic mass is 10.1. The summed E-state index contributed by atoms with van der Waals surface area (Å²) in [6.45, 7) is 6.89. The maximum atomic E-state index is 13.7. The minimum absolute atomic E-state index is 0.174. The molecule has 22 heavy (non-hydrogen) atoms. The lowest BCUT2D eigenvalue weighted by Crippen LogP contribution is -2.09. The van der Waals surface area contributed by atoms with E-state index in [0.717, 1.165) is 24.7 Å². The van der Waals surface area contributed by atoms with Gasteiger partial charge in [0.05, 0.1) is 5.69 Å². The van der Waals surface area contributed by atoms with Crippen molar-refractivity contribution in [2.75, 3.05) is 17.2 Å². The molecule has 0 saturated heterocycles. The summed E-state index contributed by atoms with van der Waals surface area (Å²) >= 11 is 0. The van der Waals surface area contributed by atoms with E-state index < -0.39 is 11.6 Å². The molecule has 0 unspecified atom stereocenters. The summed E-state index contributed by atoms with van der Waals surface area (Å²) < 4.78 is 26.6. The van der Waals surface area contributed by atoms with Crippen LogP contribution in [0.2, 0.25) is 0 Å². The van der Waals surface area contributed by atoms with Crippen molar-refractivity contribution in [3.05, 3.63) is 41.6 Å². The molecule has 0 saturated carbocycles. The molecule has 1 heterocycles. The SMILES string of the molecule is Cc1cc(Nc2ccc(F)cc2F)nc(NCCC(C)C)n1. The molecule has 2 rings (SSSR count). The van der Waals surface area contributed by atoms with Gasteiger partial charge in [-0.3, -0.25) is 0 Å². The number of halogens is 2. The molecule has 2 aromatic rings. The number of aryl methyl sites for hydroxylation is 1. The van der Waals surface area contributed by atoms with Crippen LogP contribution in [0.4, 0.5) is 26.2 Å². The van der Waals surface area contributed by atoms with Crippen molar-refractivity contribution < 1.29 is 8.78 Å². The Labute approximate surface area is 129 Å². The van der Waals surface area contributed by atoms with Gasteiger partial charge in [0.1, 0.15) is 17.5 Å². The molecular formula is C16H20F2N4. The zero-order valence-electron chi connectivity index (χ0n) is 13.0. The third kappa shape index (κ3) is 4.65. The fourth-order valence-electron chi connectivity index (χ4n) is 1.91. The molecule has 2 N–H and O–H groups in total. The quantitative estimate of drug-likeness (QED) is 0.837. The van der Waals surface area contributed by atoms with Gasteiger partial charge in [0.2, 0.25) is 5.95 Å². The predicted octanol–water partition coefficient (Wildman–Crippen LogP) is 4.26. The molecule has 0 aliphatic heterocycles. The molecule has 6 heteroatoms. The van der Waals surface area contributed by atoms with Gasteiger partial charge in [-0.15, -0.1) is 0 Å². The van der Waals surface area contributed by atoms with E-state index in [0.29, 0.717) is 17.7 Å². The van der Waals surface area contributed by atoms with Gasteiger partial charge in [0, 0.05) is 24.4 Å². The Morgan fingerprint density at radius 3 is 2.59 bits per heavy atom. The molecular weight excluding hydrogens is 286 g/mol. The van der Waals surface area contributed by atoms with Gasteiger partial charge < -0.3 is 10.6 Å². The highest BCUT2D eigenvalue weighted by molar-refractivity contribution is 5.58. The van der Waals surface area contributed by atoms with E-state index in [1.807, 2.05) is 6.92 Å². The smallest absolute Gasteiger partial charge is 0.224 e. The molecule has 118 valence electrons. The Hall–Kier alpha value is -2.24. The van der Waals surface area contributed by atoms with Gasteiger partial charge in [-0.05, 0) is 31.4 Å². The van der Waals surface area contributed by atoms with Crippen molar-refractivity contribution in [2.24, 2.45) is 5.92 Å². The first-order valence-corrected chi connectivity index (χ1v) is 7.25. The number of aromatic nitrogens is 2. The molecule has 0 bridgehead atoms. The third-order valence-electron chi connectivity index (χ3n) is 3.05. The van der Waals surface area contributed by atoms with Crippen LogP contribution < -0.4 is 10.6 Å². The Kier molecular flexibility index (Phi) is 5.25. The number of hydrogen-bond donors (Lipinski definition) is 2. The first-order chi connectivity index (χ1) is 10.4. The van der Waals surface area contributed by atoms with Crippen LogP contribution in [0.5, 0.6) is 0 Å². The van der Waals surface area contributed by atoms with Crippen LogP contribution in [-0.4, -0.2) is 16.5 Å². The second-order valence-electron chi connectivity index (χ2n) is 5.58. The molecule has 0 atom stereocenters. The monoisotopic (exact) mass is 306 g/mol. The molecule has 0 aliphatic carbocycles. The molecule has 1 aromatic carbocycles. The van der Waals surface area contributed by atoms with E-state index in [4.69, 9.17) is 0 Å². The normalized spacial score (nSPS) is 10.8. The van der Waals surface area contributed by atoms with Gasteiger partial charge in [-0.2, -0.15) is 4.98 Å². The molecule has 1 aromatic heterocycles. The minimum Gasteiger partial charge on any atom is -0.354 e. The van der Waals surface area contributed by atoms with Crippen LogP contribution in [0.25, 0.3) is 0 Å². The number of rotatable bonds is 6. The van der Waals surface area contributed by atoms with Gasteiger partial charge in [0.25, 0.3) is 0 Å². The highest BCUT2D eigenvalue weighted by Gasteiger charge is 2.07. The van der Waals surface area contributed by atoms with Crippen molar-refractivity contribution in [3.8, 4) is 0 Å². The first-order valence-electron chi connectivity index (χ1n) is 7.25. The molecule has 0 spiro atoms. The highest BCUT2D eigenvalue weighted by atomic mass is 19.1. The van der Waals surface area contributed by atoms with E-state index >= 15 is 0 Å². The average molecular weight is 306 g/mol. The fraction of sp³-hybridized carbons (Fsp3) is 0.375. The van der Waals surface area contributed by atoms with E-state index in [1.54, 1.807) is 6.07 Å². The van der Waals surface area contributed by atoms with Crippen molar-refractivity contribution >= 4 is 17.5 Å². The maximum absolute atomic E-state index is 13.7. The summed E-state index contributed by atoms with van der Waals surface area (Å²) in [6, 6.07) is 5.07. The minimum atomic E-state index is -0.661. The van der Waals surface area contributed by atoms with Gasteiger partial charge in [0.15, 0.2) is 0 Å². The van der Waals surface area contributed by atoms with Crippen LogP contribution in [-0.2, 0) is 0 Å². The van der Waals surface area contributed by atoms with Gasteiger partial charge >= 0.3 is 0 Å². The summed E-state index contributed by atoms with van der Waals surface area (Å²) in [5, 5.41) is 6.00. The number of nitrogens with zero attached hydrogens (tertiary/aromatic N) is 2. The van der Waals surface area contributed by atoms with Crippen molar-refractivity contribution in [1.29, 1.82) is 0 Å².